The molecule has 1 aromatic rings. The molecule has 1 saturated carbocycles. The minimum atomic E-state index is 0.110. The SMILES string of the molecule is CCNCC(OCCC1CCC1)c1cccc(Cl)c1. The molecule has 0 saturated heterocycles. The molecule has 1 unspecified atom stereocenters. The molecule has 1 atom stereocenters. The molecule has 2 nitrogen and oxygen atoms in total. The van der Waals surface area contributed by atoms with Gasteiger partial charge in [-0.25, -0.2) is 0 Å². The second-order valence-corrected chi connectivity index (χ2v) is 5.74. The normalized spacial score (nSPS) is 17.2. The van der Waals surface area contributed by atoms with Gasteiger partial charge in [-0.3, -0.25) is 0 Å². The molecule has 3 heteroatoms. The van der Waals surface area contributed by atoms with E-state index in [0.29, 0.717) is 0 Å². The van der Waals surface area contributed by atoms with Gasteiger partial charge >= 0.3 is 0 Å². The molecule has 0 spiro atoms. The van der Waals surface area contributed by atoms with Crippen molar-refractivity contribution in [2.24, 2.45) is 5.92 Å². The van der Waals surface area contributed by atoms with Crippen molar-refractivity contribution in [2.75, 3.05) is 19.7 Å². The Labute approximate surface area is 121 Å². The Balaban J connectivity index is 1.86. The maximum absolute atomic E-state index is 6.07. The lowest BCUT2D eigenvalue weighted by Crippen LogP contribution is -2.24. The first-order valence-corrected chi connectivity index (χ1v) is 7.75. The first-order valence-electron chi connectivity index (χ1n) is 7.37. The van der Waals surface area contributed by atoms with E-state index in [-0.39, 0.29) is 6.10 Å². The lowest BCUT2D eigenvalue weighted by atomic mass is 9.83. The van der Waals surface area contributed by atoms with E-state index in [4.69, 9.17) is 16.3 Å². The first kappa shape index (κ1) is 14.8. The van der Waals surface area contributed by atoms with E-state index in [9.17, 15) is 0 Å². The Morgan fingerprint density at radius 2 is 2.26 bits per heavy atom. The summed E-state index contributed by atoms with van der Waals surface area (Å²) in [5, 5.41) is 4.14. The van der Waals surface area contributed by atoms with E-state index >= 15 is 0 Å². The van der Waals surface area contributed by atoms with Gasteiger partial charge in [0.15, 0.2) is 0 Å². The summed E-state index contributed by atoms with van der Waals surface area (Å²) in [7, 11) is 0. The van der Waals surface area contributed by atoms with Crippen LogP contribution in [0.4, 0.5) is 0 Å². The second kappa shape index (κ2) is 7.88. The molecule has 1 fully saturated rings. The second-order valence-electron chi connectivity index (χ2n) is 5.31. The van der Waals surface area contributed by atoms with Crippen LogP contribution in [0.25, 0.3) is 0 Å². The molecule has 19 heavy (non-hydrogen) atoms. The summed E-state index contributed by atoms with van der Waals surface area (Å²) in [6, 6.07) is 8.00. The van der Waals surface area contributed by atoms with Crippen LogP contribution in [0.2, 0.25) is 5.02 Å². The predicted octanol–water partition coefficient (Wildman–Crippen LogP) is 4.20. The maximum Gasteiger partial charge on any atom is 0.0949 e. The molecule has 0 radical (unpaired) electrons. The Bertz CT molecular complexity index is 379. The van der Waals surface area contributed by atoms with E-state index in [1.165, 1.54) is 31.2 Å². The molecule has 0 bridgehead atoms. The molecular weight excluding hydrogens is 258 g/mol. The minimum absolute atomic E-state index is 0.110. The minimum Gasteiger partial charge on any atom is -0.372 e. The molecule has 0 aromatic heterocycles. The highest BCUT2D eigenvalue weighted by molar-refractivity contribution is 6.30. The number of ether oxygens (including phenoxy) is 1. The lowest BCUT2D eigenvalue weighted by molar-refractivity contribution is 0.0375. The van der Waals surface area contributed by atoms with E-state index in [1.807, 2.05) is 18.2 Å². The molecule has 1 aromatic carbocycles. The van der Waals surface area contributed by atoms with Crippen LogP contribution >= 0.6 is 11.6 Å². The molecule has 1 aliphatic rings. The topological polar surface area (TPSA) is 21.3 Å². The standard InChI is InChI=1S/C16H24ClNO/c1-2-18-12-16(14-7-4-8-15(17)11-14)19-10-9-13-5-3-6-13/h4,7-8,11,13,16,18H,2-3,5-6,9-10,12H2,1H3. The van der Waals surface area contributed by atoms with Crippen molar-refractivity contribution in [2.45, 2.75) is 38.7 Å². The number of hydrogen-bond acceptors (Lipinski definition) is 2. The zero-order chi connectivity index (χ0) is 13.5. The van der Waals surface area contributed by atoms with Crippen LogP contribution in [0, 0.1) is 5.92 Å². The molecule has 106 valence electrons. The Morgan fingerprint density at radius 3 is 2.89 bits per heavy atom. The number of halogens is 1. The van der Waals surface area contributed by atoms with Gasteiger partial charge in [0.05, 0.1) is 6.10 Å². The maximum atomic E-state index is 6.07. The average molecular weight is 282 g/mol. The third-order valence-electron chi connectivity index (χ3n) is 3.87. The van der Waals surface area contributed by atoms with Crippen LogP contribution in [0.5, 0.6) is 0 Å². The Morgan fingerprint density at radius 1 is 1.42 bits per heavy atom. The smallest absolute Gasteiger partial charge is 0.0949 e. The lowest BCUT2D eigenvalue weighted by Gasteiger charge is -2.26. The molecular formula is C16H24ClNO. The molecule has 1 N–H and O–H groups in total. The summed E-state index contributed by atoms with van der Waals surface area (Å²) >= 11 is 6.06. The summed E-state index contributed by atoms with van der Waals surface area (Å²) in [5.41, 5.74) is 1.17. The molecule has 1 aliphatic carbocycles. The third-order valence-corrected chi connectivity index (χ3v) is 4.11. The summed E-state index contributed by atoms with van der Waals surface area (Å²) < 4.78 is 6.07. The fourth-order valence-corrected chi connectivity index (χ4v) is 2.61. The van der Waals surface area contributed by atoms with E-state index in [0.717, 1.165) is 30.6 Å². The largest absolute Gasteiger partial charge is 0.372 e. The molecule has 2 rings (SSSR count). The van der Waals surface area contributed by atoms with Gasteiger partial charge in [0.1, 0.15) is 0 Å². The van der Waals surface area contributed by atoms with Gasteiger partial charge in [-0.15, -0.1) is 0 Å². The van der Waals surface area contributed by atoms with Gasteiger partial charge in [-0.2, -0.15) is 0 Å². The average Bonchev–Trinajstić information content (AvgIpc) is 2.36. The van der Waals surface area contributed by atoms with Gasteiger partial charge in [0.25, 0.3) is 0 Å². The van der Waals surface area contributed by atoms with Crippen molar-refractivity contribution in [3.63, 3.8) is 0 Å². The summed E-state index contributed by atoms with van der Waals surface area (Å²) in [5.74, 6) is 0.902. The van der Waals surface area contributed by atoms with Crippen molar-refractivity contribution < 1.29 is 4.74 Å². The quantitative estimate of drug-likeness (QED) is 0.771. The van der Waals surface area contributed by atoms with Crippen LogP contribution < -0.4 is 5.32 Å². The van der Waals surface area contributed by atoms with Gasteiger partial charge < -0.3 is 10.1 Å². The zero-order valence-corrected chi connectivity index (χ0v) is 12.5. The molecule has 0 amide bonds. The highest BCUT2D eigenvalue weighted by Gasteiger charge is 2.18. The number of hydrogen-bond donors (Lipinski definition) is 1. The van der Waals surface area contributed by atoms with Crippen LogP contribution in [0.3, 0.4) is 0 Å². The summed E-state index contributed by atoms with van der Waals surface area (Å²) in [6.07, 6.45) is 5.48. The van der Waals surface area contributed by atoms with Crippen molar-refractivity contribution in [1.82, 2.24) is 5.32 Å². The van der Waals surface area contributed by atoms with E-state index in [2.05, 4.69) is 18.3 Å². The number of rotatable bonds is 8. The fourth-order valence-electron chi connectivity index (χ4n) is 2.41. The number of likely N-dealkylation sites (N-methyl/N-ethyl adjacent to an activating group) is 1. The van der Waals surface area contributed by atoms with Crippen molar-refractivity contribution in [1.29, 1.82) is 0 Å². The van der Waals surface area contributed by atoms with E-state index < -0.39 is 0 Å². The van der Waals surface area contributed by atoms with E-state index in [1.54, 1.807) is 0 Å². The monoisotopic (exact) mass is 281 g/mol. The molecule has 0 heterocycles. The van der Waals surface area contributed by atoms with Crippen LogP contribution in [-0.4, -0.2) is 19.7 Å². The van der Waals surface area contributed by atoms with Crippen molar-refractivity contribution in [3.05, 3.63) is 34.9 Å². The Kier molecular flexibility index (Phi) is 6.15. The summed E-state index contributed by atoms with van der Waals surface area (Å²) in [4.78, 5) is 0. The van der Waals surface area contributed by atoms with Gasteiger partial charge in [-0.1, -0.05) is 49.9 Å². The van der Waals surface area contributed by atoms with Crippen molar-refractivity contribution >= 4 is 11.6 Å². The highest BCUT2D eigenvalue weighted by atomic mass is 35.5. The third kappa shape index (κ3) is 4.79. The van der Waals surface area contributed by atoms with Gasteiger partial charge in [0, 0.05) is 18.2 Å². The fraction of sp³-hybridized carbons (Fsp3) is 0.625. The molecule has 0 aliphatic heterocycles. The first-order chi connectivity index (χ1) is 9.29. The number of nitrogens with one attached hydrogen (secondary N) is 1. The van der Waals surface area contributed by atoms with Gasteiger partial charge in [-0.05, 0) is 36.6 Å². The highest BCUT2D eigenvalue weighted by Crippen LogP contribution is 2.30. The number of benzene rings is 1. The Hall–Kier alpha value is -0.570. The van der Waals surface area contributed by atoms with Crippen molar-refractivity contribution in [3.8, 4) is 0 Å². The van der Waals surface area contributed by atoms with Crippen LogP contribution in [0.15, 0.2) is 24.3 Å². The van der Waals surface area contributed by atoms with Crippen LogP contribution in [0.1, 0.15) is 44.3 Å². The van der Waals surface area contributed by atoms with Gasteiger partial charge in [0.2, 0.25) is 0 Å². The zero-order valence-electron chi connectivity index (χ0n) is 11.7. The predicted molar refractivity (Wildman–Crippen MR) is 80.6 cm³/mol. The summed E-state index contributed by atoms with van der Waals surface area (Å²) in [6.45, 7) is 4.78. The van der Waals surface area contributed by atoms with Crippen LogP contribution in [-0.2, 0) is 4.74 Å².